The van der Waals surface area contributed by atoms with E-state index in [0.717, 1.165) is 43.7 Å². The van der Waals surface area contributed by atoms with E-state index in [1.807, 2.05) is 65.3 Å². The highest BCUT2D eigenvalue weighted by atomic mass is 32.1. The van der Waals surface area contributed by atoms with Gasteiger partial charge in [-0.3, -0.25) is 9.59 Å². The summed E-state index contributed by atoms with van der Waals surface area (Å²) in [4.78, 5) is 29.8. The summed E-state index contributed by atoms with van der Waals surface area (Å²) in [7, 11) is 0. The first kappa shape index (κ1) is 24.7. The highest BCUT2D eigenvalue weighted by molar-refractivity contribution is 7.80. The predicted octanol–water partition coefficient (Wildman–Crippen LogP) is 3.91. The van der Waals surface area contributed by atoms with Gasteiger partial charge in [-0.05, 0) is 74.2 Å². The lowest BCUT2D eigenvalue weighted by Crippen LogP contribution is -2.44. The van der Waals surface area contributed by atoms with Crippen LogP contribution in [0.25, 0.3) is 6.08 Å². The first-order chi connectivity index (χ1) is 16.9. The van der Waals surface area contributed by atoms with Gasteiger partial charge < -0.3 is 25.6 Å². The third kappa shape index (κ3) is 6.00. The second kappa shape index (κ2) is 10.9. The Morgan fingerprint density at radius 3 is 2.51 bits per heavy atom. The number of nitrogens with two attached hydrogens (primary N) is 1. The van der Waals surface area contributed by atoms with Crippen molar-refractivity contribution in [1.29, 1.82) is 0 Å². The zero-order chi connectivity index (χ0) is 24.8. The summed E-state index contributed by atoms with van der Waals surface area (Å²) in [5.74, 6) is 0.807. The van der Waals surface area contributed by atoms with Crippen molar-refractivity contribution in [2.45, 2.75) is 26.2 Å². The molecule has 2 saturated heterocycles. The van der Waals surface area contributed by atoms with Crippen LogP contribution in [-0.2, 0) is 4.79 Å². The molecule has 0 atom stereocenters. The van der Waals surface area contributed by atoms with E-state index < -0.39 is 0 Å². The molecule has 0 bridgehead atoms. The van der Waals surface area contributed by atoms with Crippen LogP contribution in [0.3, 0.4) is 0 Å². The lowest BCUT2D eigenvalue weighted by Gasteiger charge is -2.39. The Balaban J connectivity index is 1.33. The third-order valence-electron chi connectivity index (χ3n) is 6.86. The van der Waals surface area contributed by atoms with E-state index in [2.05, 4.69) is 5.32 Å². The fourth-order valence-corrected chi connectivity index (χ4v) is 5.06. The summed E-state index contributed by atoms with van der Waals surface area (Å²) in [6.07, 6.45) is 6.22. The highest BCUT2D eigenvalue weighted by Gasteiger charge is 2.42. The molecule has 35 heavy (non-hydrogen) atoms. The molecule has 0 aliphatic carbocycles. The van der Waals surface area contributed by atoms with Crippen molar-refractivity contribution in [2.75, 3.05) is 38.1 Å². The molecule has 2 amide bonds. The molecule has 2 heterocycles. The number of ether oxygens (including phenoxy) is 1. The molecule has 3 N–H and O–H groups in total. The number of piperidine rings is 1. The molecule has 0 saturated carbocycles. The summed E-state index contributed by atoms with van der Waals surface area (Å²) in [6.45, 7) is 5.37. The van der Waals surface area contributed by atoms with E-state index in [-0.39, 0.29) is 22.3 Å². The molecule has 184 valence electrons. The number of para-hydroxylation sites is 1. The number of rotatable bonds is 6. The van der Waals surface area contributed by atoms with Gasteiger partial charge in [-0.1, -0.05) is 24.3 Å². The van der Waals surface area contributed by atoms with E-state index in [4.69, 9.17) is 22.7 Å². The van der Waals surface area contributed by atoms with Gasteiger partial charge in [0.25, 0.3) is 5.91 Å². The van der Waals surface area contributed by atoms with Crippen molar-refractivity contribution >= 4 is 40.9 Å². The third-order valence-corrected chi connectivity index (χ3v) is 6.96. The number of amides is 2. The van der Waals surface area contributed by atoms with Crippen molar-refractivity contribution < 1.29 is 14.3 Å². The average molecular weight is 493 g/mol. The Hall–Kier alpha value is -3.39. The molecule has 2 aliphatic rings. The topological polar surface area (TPSA) is 87.9 Å². The summed E-state index contributed by atoms with van der Waals surface area (Å²) in [6, 6.07) is 15.0. The van der Waals surface area contributed by atoms with Gasteiger partial charge >= 0.3 is 0 Å². The summed E-state index contributed by atoms with van der Waals surface area (Å²) < 4.78 is 5.64. The minimum Gasteiger partial charge on any atom is -0.493 e. The SMILES string of the molecule is CCOc1ccccc1C=CC(=O)N1CCC2(CC1)CCN(C(=O)c1cccc(NC(N)=S)c1)C2. The van der Waals surface area contributed by atoms with Gasteiger partial charge in [0.15, 0.2) is 5.11 Å². The molecule has 4 rings (SSSR count). The number of likely N-dealkylation sites (tertiary alicyclic amines) is 2. The maximum atomic E-state index is 13.1. The van der Waals surface area contributed by atoms with Gasteiger partial charge in [-0.15, -0.1) is 0 Å². The van der Waals surface area contributed by atoms with Gasteiger partial charge in [0, 0.05) is 49.1 Å². The zero-order valence-electron chi connectivity index (χ0n) is 20.0. The predicted molar refractivity (Wildman–Crippen MR) is 142 cm³/mol. The number of hydrogen-bond donors (Lipinski definition) is 2. The fraction of sp³-hybridized carbons (Fsp3) is 0.370. The molecular weight excluding hydrogens is 460 g/mol. The van der Waals surface area contributed by atoms with Gasteiger partial charge in [0.1, 0.15) is 5.75 Å². The van der Waals surface area contributed by atoms with Crippen LogP contribution in [0.4, 0.5) is 5.69 Å². The van der Waals surface area contributed by atoms with E-state index in [1.54, 1.807) is 12.1 Å². The molecule has 0 aromatic heterocycles. The number of benzene rings is 2. The first-order valence-corrected chi connectivity index (χ1v) is 12.4. The Kier molecular flexibility index (Phi) is 7.70. The molecule has 2 aromatic carbocycles. The number of nitrogens with zero attached hydrogens (tertiary/aromatic N) is 2. The van der Waals surface area contributed by atoms with Crippen molar-refractivity contribution in [3.05, 3.63) is 65.7 Å². The second-order valence-corrected chi connectivity index (χ2v) is 9.62. The molecule has 0 unspecified atom stereocenters. The molecule has 8 heteroatoms. The van der Waals surface area contributed by atoms with Gasteiger partial charge in [-0.25, -0.2) is 0 Å². The summed E-state index contributed by atoms with van der Waals surface area (Å²) in [5.41, 5.74) is 7.85. The Bertz CT molecular complexity index is 1120. The van der Waals surface area contributed by atoms with Crippen LogP contribution in [0.1, 0.15) is 42.1 Å². The maximum Gasteiger partial charge on any atom is 0.253 e. The molecular formula is C27H32N4O3S. The number of carbonyl (C=O) groups excluding carboxylic acids is 2. The molecule has 2 aromatic rings. The van der Waals surface area contributed by atoms with Crippen LogP contribution in [0.15, 0.2) is 54.6 Å². The van der Waals surface area contributed by atoms with E-state index in [9.17, 15) is 9.59 Å². The highest BCUT2D eigenvalue weighted by Crippen LogP contribution is 2.41. The lowest BCUT2D eigenvalue weighted by molar-refractivity contribution is -0.128. The van der Waals surface area contributed by atoms with Crippen LogP contribution >= 0.6 is 12.2 Å². The molecule has 2 fully saturated rings. The van der Waals surface area contributed by atoms with Crippen LogP contribution in [0.5, 0.6) is 5.75 Å². The molecule has 2 aliphatic heterocycles. The zero-order valence-corrected chi connectivity index (χ0v) is 20.9. The number of anilines is 1. The van der Waals surface area contributed by atoms with E-state index >= 15 is 0 Å². The van der Waals surface area contributed by atoms with Crippen molar-refractivity contribution in [2.24, 2.45) is 11.1 Å². The van der Waals surface area contributed by atoms with Crippen LogP contribution < -0.4 is 15.8 Å². The largest absolute Gasteiger partial charge is 0.493 e. The van der Waals surface area contributed by atoms with E-state index in [0.29, 0.717) is 30.9 Å². The van der Waals surface area contributed by atoms with Crippen LogP contribution in [0, 0.1) is 5.41 Å². The molecule has 0 radical (unpaired) electrons. The Labute approximate surface area is 211 Å². The smallest absolute Gasteiger partial charge is 0.253 e. The molecule has 7 nitrogen and oxygen atoms in total. The minimum atomic E-state index is 0.0132. The van der Waals surface area contributed by atoms with Crippen molar-refractivity contribution in [3.8, 4) is 5.75 Å². The van der Waals surface area contributed by atoms with Gasteiger partial charge in [-0.2, -0.15) is 0 Å². The number of nitrogens with one attached hydrogen (secondary N) is 1. The number of carbonyl (C=O) groups is 2. The van der Waals surface area contributed by atoms with Crippen molar-refractivity contribution in [1.82, 2.24) is 9.80 Å². The Morgan fingerprint density at radius 2 is 1.80 bits per heavy atom. The average Bonchev–Trinajstić information content (AvgIpc) is 3.26. The maximum absolute atomic E-state index is 13.1. The molecule has 1 spiro atoms. The van der Waals surface area contributed by atoms with Gasteiger partial charge in [0.2, 0.25) is 5.91 Å². The van der Waals surface area contributed by atoms with Crippen LogP contribution in [-0.4, -0.2) is 59.5 Å². The quantitative estimate of drug-likeness (QED) is 0.470. The fourth-order valence-electron chi connectivity index (χ4n) is 4.94. The number of hydrogen-bond acceptors (Lipinski definition) is 4. The minimum absolute atomic E-state index is 0.0132. The van der Waals surface area contributed by atoms with Gasteiger partial charge in [0.05, 0.1) is 6.61 Å². The normalized spacial score (nSPS) is 17.1. The summed E-state index contributed by atoms with van der Waals surface area (Å²) >= 11 is 4.89. The first-order valence-electron chi connectivity index (χ1n) is 12.0. The standard InChI is InChI=1S/C27H32N4O3S/c1-2-34-23-9-4-3-6-20(23)10-11-24(32)30-15-12-27(13-16-30)14-17-31(19-27)25(33)21-7-5-8-22(18-21)29-26(28)35/h3-11,18H,2,12-17,19H2,1H3,(H3,28,29,35). The summed E-state index contributed by atoms with van der Waals surface area (Å²) in [5, 5.41) is 3.05. The van der Waals surface area contributed by atoms with Crippen LogP contribution in [0.2, 0.25) is 0 Å². The monoisotopic (exact) mass is 492 g/mol. The lowest BCUT2D eigenvalue weighted by atomic mass is 9.77. The van der Waals surface area contributed by atoms with Crippen molar-refractivity contribution in [3.63, 3.8) is 0 Å². The second-order valence-electron chi connectivity index (χ2n) is 9.18. The Morgan fingerprint density at radius 1 is 1.09 bits per heavy atom. The van der Waals surface area contributed by atoms with E-state index in [1.165, 1.54) is 0 Å². The number of thiocarbonyl (C=S) groups is 1.